The number of fused-ring (bicyclic) bond motifs is 1. The van der Waals surface area contributed by atoms with Gasteiger partial charge in [0.25, 0.3) is 0 Å². The standard InChI is InChI=1S/C17H25N2O3P.C2H6/c1-12(20)18-14(11-19-6-2-3-7-19)17(23)13-4-5-15-16(10-13)22-9-8-21-15;1-2/h4-5,10,14,17H,2-3,6-9,11,23H2,1H3,(H,18,20);1-2H3. The Morgan fingerprint density at radius 1 is 1.20 bits per heavy atom. The summed E-state index contributed by atoms with van der Waals surface area (Å²) in [6, 6.07) is 6.12. The van der Waals surface area contributed by atoms with E-state index in [9.17, 15) is 4.79 Å². The van der Waals surface area contributed by atoms with Crippen LogP contribution < -0.4 is 14.8 Å². The zero-order chi connectivity index (χ0) is 18.2. The Morgan fingerprint density at radius 3 is 2.48 bits per heavy atom. The maximum absolute atomic E-state index is 11.6. The molecule has 0 aliphatic carbocycles. The quantitative estimate of drug-likeness (QED) is 0.814. The lowest BCUT2D eigenvalue weighted by molar-refractivity contribution is -0.119. The monoisotopic (exact) mass is 366 g/mol. The van der Waals surface area contributed by atoms with Crippen molar-refractivity contribution in [2.24, 2.45) is 0 Å². The molecule has 2 aliphatic heterocycles. The van der Waals surface area contributed by atoms with Crippen LogP contribution in [0.15, 0.2) is 18.2 Å². The van der Waals surface area contributed by atoms with E-state index in [2.05, 4.69) is 25.5 Å². The maximum Gasteiger partial charge on any atom is 0.217 e. The van der Waals surface area contributed by atoms with E-state index in [4.69, 9.17) is 9.47 Å². The van der Waals surface area contributed by atoms with Crippen molar-refractivity contribution in [2.45, 2.75) is 45.3 Å². The lowest BCUT2D eigenvalue weighted by atomic mass is 10.0. The molecule has 0 radical (unpaired) electrons. The number of nitrogens with one attached hydrogen (secondary N) is 1. The van der Waals surface area contributed by atoms with Gasteiger partial charge in [0.1, 0.15) is 13.2 Å². The normalized spacial score (nSPS) is 18.7. The van der Waals surface area contributed by atoms with Gasteiger partial charge in [0, 0.05) is 19.1 Å². The highest BCUT2D eigenvalue weighted by atomic mass is 31.0. The van der Waals surface area contributed by atoms with Crippen LogP contribution in [0.2, 0.25) is 0 Å². The molecule has 25 heavy (non-hydrogen) atoms. The summed E-state index contributed by atoms with van der Waals surface area (Å²) in [6.45, 7) is 9.88. The van der Waals surface area contributed by atoms with Crippen LogP contribution in [0.5, 0.6) is 11.5 Å². The van der Waals surface area contributed by atoms with Gasteiger partial charge < -0.3 is 19.7 Å². The Hall–Kier alpha value is -1.32. The Morgan fingerprint density at radius 2 is 1.84 bits per heavy atom. The number of likely N-dealkylation sites (tertiary alicyclic amines) is 1. The molecule has 1 aromatic carbocycles. The molecule has 3 atom stereocenters. The van der Waals surface area contributed by atoms with Crippen molar-refractivity contribution < 1.29 is 14.3 Å². The van der Waals surface area contributed by atoms with Gasteiger partial charge in [-0.05, 0) is 43.6 Å². The van der Waals surface area contributed by atoms with Gasteiger partial charge >= 0.3 is 0 Å². The molecule has 0 bridgehead atoms. The van der Waals surface area contributed by atoms with E-state index >= 15 is 0 Å². The fourth-order valence-electron chi connectivity index (χ4n) is 3.25. The first-order valence-electron chi connectivity index (χ1n) is 9.28. The predicted molar refractivity (Wildman–Crippen MR) is 105 cm³/mol. The smallest absolute Gasteiger partial charge is 0.217 e. The number of amides is 1. The van der Waals surface area contributed by atoms with Gasteiger partial charge in [0.2, 0.25) is 5.91 Å². The lowest BCUT2D eigenvalue weighted by Gasteiger charge is -2.30. The Labute approximate surface area is 153 Å². The molecular weight excluding hydrogens is 335 g/mol. The number of ether oxygens (including phenoxy) is 2. The van der Waals surface area contributed by atoms with E-state index in [0.717, 1.165) is 36.7 Å². The third-order valence-corrected chi connectivity index (χ3v) is 5.28. The third-order valence-electron chi connectivity index (χ3n) is 4.43. The summed E-state index contributed by atoms with van der Waals surface area (Å²) < 4.78 is 11.3. The van der Waals surface area contributed by atoms with Crippen molar-refractivity contribution in [3.63, 3.8) is 0 Å². The summed E-state index contributed by atoms with van der Waals surface area (Å²) in [4.78, 5) is 14.0. The van der Waals surface area contributed by atoms with Crippen molar-refractivity contribution >= 4 is 15.1 Å². The van der Waals surface area contributed by atoms with E-state index < -0.39 is 0 Å². The van der Waals surface area contributed by atoms with Gasteiger partial charge in [-0.2, -0.15) is 0 Å². The summed E-state index contributed by atoms with van der Waals surface area (Å²) in [5.41, 5.74) is 1.27. The van der Waals surface area contributed by atoms with Gasteiger partial charge in [-0.15, -0.1) is 9.24 Å². The summed E-state index contributed by atoms with van der Waals surface area (Å²) in [5.74, 6) is 1.61. The van der Waals surface area contributed by atoms with E-state index in [1.165, 1.54) is 12.8 Å². The number of benzene rings is 1. The van der Waals surface area contributed by atoms with Crippen molar-refractivity contribution in [1.29, 1.82) is 0 Å². The minimum absolute atomic E-state index is 0.0131. The fraction of sp³-hybridized carbons (Fsp3) is 0.632. The van der Waals surface area contributed by atoms with E-state index in [-0.39, 0.29) is 17.6 Å². The van der Waals surface area contributed by atoms with Crippen LogP contribution in [0, 0.1) is 0 Å². The molecule has 6 heteroatoms. The maximum atomic E-state index is 11.6. The van der Waals surface area contributed by atoms with Gasteiger partial charge in [-0.25, -0.2) is 0 Å². The molecular formula is C19H31N2O3P. The Kier molecular flexibility index (Phi) is 7.98. The SMILES string of the molecule is CC.CC(=O)NC(CN1CCCC1)C(P)c1ccc2c(c1)OCCO2. The predicted octanol–water partition coefficient (Wildman–Crippen LogP) is 3.00. The summed E-state index contributed by atoms with van der Waals surface area (Å²) in [7, 11) is 2.88. The van der Waals surface area contributed by atoms with Gasteiger partial charge in [0.15, 0.2) is 11.5 Å². The van der Waals surface area contributed by atoms with Crippen LogP contribution in [-0.4, -0.2) is 49.7 Å². The second-order valence-corrected chi connectivity index (χ2v) is 6.96. The Balaban J connectivity index is 0.00000109. The molecule has 1 aromatic rings. The minimum Gasteiger partial charge on any atom is -0.486 e. The van der Waals surface area contributed by atoms with Crippen LogP contribution in [0.1, 0.15) is 44.8 Å². The van der Waals surface area contributed by atoms with Crippen LogP contribution >= 0.6 is 9.24 Å². The summed E-state index contributed by atoms with van der Waals surface area (Å²) in [5, 5.41) is 3.11. The number of hydrogen-bond donors (Lipinski definition) is 1. The molecule has 140 valence electrons. The first-order chi connectivity index (χ1) is 12.1. The Bertz CT molecular complexity index is 562. The summed E-state index contributed by atoms with van der Waals surface area (Å²) >= 11 is 0. The molecule has 1 amide bonds. The second-order valence-electron chi connectivity index (χ2n) is 6.24. The zero-order valence-corrected chi connectivity index (χ0v) is 16.7. The van der Waals surface area contributed by atoms with E-state index in [0.29, 0.717) is 13.2 Å². The molecule has 5 nitrogen and oxygen atoms in total. The molecule has 0 spiro atoms. The fourth-order valence-corrected chi connectivity index (χ4v) is 3.68. The van der Waals surface area contributed by atoms with Gasteiger partial charge in [-0.1, -0.05) is 19.9 Å². The molecule has 0 aromatic heterocycles. The number of rotatable bonds is 5. The molecule has 3 unspecified atom stereocenters. The molecule has 1 N–H and O–H groups in total. The van der Waals surface area contributed by atoms with Crippen LogP contribution in [0.25, 0.3) is 0 Å². The van der Waals surface area contributed by atoms with E-state index in [1.54, 1.807) is 6.92 Å². The van der Waals surface area contributed by atoms with Crippen LogP contribution in [0.3, 0.4) is 0 Å². The van der Waals surface area contributed by atoms with Crippen molar-refractivity contribution in [3.8, 4) is 11.5 Å². The first-order valence-corrected chi connectivity index (χ1v) is 9.95. The summed E-state index contributed by atoms with van der Waals surface area (Å²) in [6.07, 6.45) is 2.50. The third kappa shape index (κ3) is 5.58. The molecule has 2 aliphatic rings. The number of carbonyl (C=O) groups excluding carboxylic acids is 1. The molecule has 3 rings (SSSR count). The average molecular weight is 366 g/mol. The minimum atomic E-state index is 0.0131. The largest absolute Gasteiger partial charge is 0.486 e. The highest BCUT2D eigenvalue weighted by Gasteiger charge is 2.25. The van der Waals surface area contributed by atoms with Crippen molar-refractivity contribution in [3.05, 3.63) is 23.8 Å². The van der Waals surface area contributed by atoms with Crippen molar-refractivity contribution in [2.75, 3.05) is 32.8 Å². The molecule has 0 saturated carbocycles. The zero-order valence-electron chi connectivity index (χ0n) is 15.6. The van der Waals surface area contributed by atoms with Gasteiger partial charge in [0.05, 0.1) is 6.04 Å². The average Bonchev–Trinajstić information content (AvgIpc) is 3.14. The lowest BCUT2D eigenvalue weighted by Crippen LogP contribution is -2.44. The molecule has 1 saturated heterocycles. The van der Waals surface area contributed by atoms with Crippen LogP contribution in [0.4, 0.5) is 0 Å². The topological polar surface area (TPSA) is 50.8 Å². The number of nitrogens with zero attached hydrogens (tertiary/aromatic N) is 1. The van der Waals surface area contributed by atoms with Crippen LogP contribution in [-0.2, 0) is 4.79 Å². The highest BCUT2D eigenvalue weighted by Crippen LogP contribution is 2.36. The van der Waals surface area contributed by atoms with Gasteiger partial charge in [-0.3, -0.25) is 4.79 Å². The molecule has 2 heterocycles. The first kappa shape index (κ1) is 20.0. The second kappa shape index (κ2) is 9.98. The van der Waals surface area contributed by atoms with Crippen molar-refractivity contribution in [1.82, 2.24) is 10.2 Å². The number of carbonyl (C=O) groups is 1. The highest BCUT2D eigenvalue weighted by molar-refractivity contribution is 7.17. The number of hydrogen-bond acceptors (Lipinski definition) is 4. The molecule has 1 fully saturated rings. The van der Waals surface area contributed by atoms with E-state index in [1.807, 2.05) is 26.0 Å².